The third-order valence-electron chi connectivity index (χ3n) is 3.32. The molecule has 1 amide bonds. The number of hydrogen-bond acceptors (Lipinski definition) is 2. The molecule has 0 unspecified atom stereocenters. The molecule has 3 nitrogen and oxygen atoms in total. The van der Waals surface area contributed by atoms with Gasteiger partial charge in [0.25, 0.3) is 0 Å². The largest absolute Gasteiger partial charge is 0.347 e. The van der Waals surface area contributed by atoms with Gasteiger partial charge in [-0.05, 0) is 37.5 Å². The van der Waals surface area contributed by atoms with Crippen LogP contribution < -0.4 is 5.32 Å². The van der Waals surface area contributed by atoms with Gasteiger partial charge in [0.2, 0.25) is 5.91 Å². The monoisotopic (exact) mass is 268 g/mol. The van der Waals surface area contributed by atoms with Crippen LogP contribution in [0.1, 0.15) is 31.4 Å². The summed E-state index contributed by atoms with van der Waals surface area (Å²) < 4.78 is 0. The van der Waals surface area contributed by atoms with E-state index in [1.807, 2.05) is 56.3 Å². The van der Waals surface area contributed by atoms with Crippen molar-refractivity contribution in [3.63, 3.8) is 0 Å². The van der Waals surface area contributed by atoms with E-state index in [1.165, 1.54) is 5.56 Å². The van der Waals surface area contributed by atoms with Gasteiger partial charge in [-0.3, -0.25) is 9.78 Å². The smallest absolute Gasteiger partial charge is 0.221 e. The normalized spacial score (nSPS) is 11.1. The van der Waals surface area contributed by atoms with Crippen molar-refractivity contribution >= 4 is 5.91 Å². The Morgan fingerprint density at radius 3 is 2.55 bits per heavy atom. The fraction of sp³-hybridized carbons (Fsp3) is 0.294. The number of benzene rings is 1. The number of aryl methyl sites for hydroxylation is 1. The van der Waals surface area contributed by atoms with Crippen LogP contribution in [0.5, 0.6) is 0 Å². The van der Waals surface area contributed by atoms with Crippen LogP contribution in [0, 0.1) is 0 Å². The third kappa shape index (κ3) is 3.92. The van der Waals surface area contributed by atoms with Crippen molar-refractivity contribution in [1.82, 2.24) is 10.3 Å². The minimum Gasteiger partial charge on any atom is -0.347 e. The van der Waals surface area contributed by atoms with Gasteiger partial charge in [-0.2, -0.15) is 0 Å². The number of amides is 1. The summed E-state index contributed by atoms with van der Waals surface area (Å²) >= 11 is 0. The molecule has 0 saturated carbocycles. The molecule has 0 atom stereocenters. The maximum atomic E-state index is 12.1. The molecule has 3 heteroatoms. The molecular weight excluding hydrogens is 248 g/mol. The van der Waals surface area contributed by atoms with Crippen LogP contribution in [-0.4, -0.2) is 10.9 Å². The highest BCUT2D eigenvalue weighted by Gasteiger charge is 2.22. The summed E-state index contributed by atoms with van der Waals surface area (Å²) in [6.07, 6.45) is 4.78. The molecule has 0 bridgehead atoms. The molecule has 0 radical (unpaired) electrons. The molecule has 0 aliphatic heterocycles. The third-order valence-corrected chi connectivity index (χ3v) is 3.32. The predicted octanol–water partition coefficient (Wildman–Crippen LogP) is 3.07. The van der Waals surface area contributed by atoms with Gasteiger partial charge in [-0.25, -0.2) is 0 Å². The lowest BCUT2D eigenvalue weighted by atomic mass is 9.95. The van der Waals surface area contributed by atoms with Gasteiger partial charge in [0, 0.05) is 18.8 Å². The van der Waals surface area contributed by atoms with Gasteiger partial charge in [0.1, 0.15) is 0 Å². The summed E-state index contributed by atoms with van der Waals surface area (Å²) in [5.74, 6) is 0.0581. The Balaban J connectivity index is 1.91. The molecule has 0 aliphatic rings. The Morgan fingerprint density at radius 1 is 1.15 bits per heavy atom. The van der Waals surface area contributed by atoms with Crippen LogP contribution in [0.25, 0.3) is 0 Å². The molecule has 0 aliphatic carbocycles. The van der Waals surface area contributed by atoms with Crippen molar-refractivity contribution in [1.29, 1.82) is 0 Å². The molecule has 104 valence electrons. The van der Waals surface area contributed by atoms with Crippen LogP contribution in [0.3, 0.4) is 0 Å². The molecule has 0 saturated heterocycles. The second kappa shape index (κ2) is 6.33. The van der Waals surface area contributed by atoms with Gasteiger partial charge in [-0.1, -0.05) is 36.4 Å². The first-order valence-corrected chi connectivity index (χ1v) is 6.83. The van der Waals surface area contributed by atoms with Gasteiger partial charge in [0.05, 0.1) is 5.54 Å². The predicted molar refractivity (Wildman–Crippen MR) is 80.2 cm³/mol. The van der Waals surface area contributed by atoms with Crippen molar-refractivity contribution in [2.24, 2.45) is 0 Å². The first-order valence-electron chi connectivity index (χ1n) is 6.83. The van der Waals surface area contributed by atoms with Crippen molar-refractivity contribution < 1.29 is 4.79 Å². The fourth-order valence-electron chi connectivity index (χ4n) is 2.12. The summed E-state index contributed by atoms with van der Waals surface area (Å²) in [4.78, 5) is 16.2. The molecular formula is C17H20N2O. The maximum absolute atomic E-state index is 12.1. The van der Waals surface area contributed by atoms with E-state index >= 15 is 0 Å². The highest BCUT2D eigenvalue weighted by molar-refractivity contribution is 5.77. The second-order valence-corrected chi connectivity index (χ2v) is 5.40. The Morgan fingerprint density at radius 2 is 1.90 bits per heavy atom. The van der Waals surface area contributed by atoms with Crippen molar-refractivity contribution in [3.8, 4) is 0 Å². The van der Waals surface area contributed by atoms with Crippen LogP contribution in [0.2, 0.25) is 0 Å². The minimum absolute atomic E-state index is 0.0581. The first-order chi connectivity index (χ1) is 9.58. The Labute approximate surface area is 120 Å². The van der Waals surface area contributed by atoms with E-state index in [9.17, 15) is 4.79 Å². The number of nitrogens with zero attached hydrogens (tertiary/aromatic N) is 1. The lowest BCUT2D eigenvalue weighted by Gasteiger charge is -2.26. The van der Waals surface area contributed by atoms with Crippen LogP contribution in [0.15, 0.2) is 54.9 Å². The zero-order chi connectivity index (χ0) is 14.4. The topological polar surface area (TPSA) is 42.0 Å². The van der Waals surface area contributed by atoms with Gasteiger partial charge < -0.3 is 5.32 Å². The SMILES string of the molecule is CC(C)(NC(=O)CCc1ccccc1)c1cccnc1. The molecule has 1 aromatic carbocycles. The van der Waals surface area contributed by atoms with E-state index in [4.69, 9.17) is 0 Å². The zero-order valence-corrected chi connectivity index (χ0v) is 12.0. The van der Waals surface area contributed by atoms with E-state index in [2.05, 4.69) is 10.3 Å². The lowest BCUT2D eigenvalue weighted by molar-refractivity contribution is -0.122. The standard InChI is InChI=1S/C17H20N2O/c1-17(2,15-9-6-12-18-13-15)19-16(20)11-10-14-7-4-3-5-8-14/h3-9,12-13H,10-11H2,1-2H3,(H,19,20). The molecule has 0 spiro atoms. The minimum atomic E-state index is -0.401. The summed E-state index contributed by atoms with van der Waals surface area (Å²) in [6.45, 7) is 3.98. The molecule has 1 N–H and O–H groups in total. The van der Waals surface area contributed by atoms with E-state index < -0.39 is 5.54 Å². The number of nitrogens with one attached hydrogen (secondary N) is 1. The molecule has 1 heterocycles. The van der Waals surface area contributed by atoms with E-state index in [0.717, 1.165) is 12.0 Å². The number of carbonyl (C=O) groups excluding carboxylic acids is 1. The van der Waals surface area contributed by atoms with E-state index in [-0.39, 0.29) is 5.91 Å². The Bertz CT molecular complexity index is 550. The van der Waals surface area contributed by atoms with Crippen LogP contribution >= 0.6 is 0 Å². The fourth-order valence-corrected chi connectivity index (χ4v) is 2.12. The summed E-state index contributed by atoms with van der Waals surface area (Å²) in [5.41, 5.74) is 1.79. The summed E-state index contributed by atoms with van der Waals surface area (Å²) in [5, 5.41) is 3.06. The number of carbonyl (C=O) groups is 1. The molecule has 20 heavy (non-hydrogen) atoms. The number of rotatable bonds is 5. The van der Waals surface area contributed by atoms with Gasteiger partial charge in [-0.15, -0.1) is 0 Å². The number of hydrogen-bond donors (Lipinski definition) is 1. The average molecular weight is 268 g/mol. The van der Waals surface area contributed by atoms with Crippen LogP contribution in [-0.2, 0) is 16.8 Å². The van der Waals surface area contributed by atoms with Crippen molar-refractivity contribution in [2.45, 2.75) is 32.2 Å². The number of pyridine rings is 1. The highest BCUT2D eigenvalue weighted by atomic mass is 16.1. The van der Waals surface area contributed by atoms with Crippen molar-refractivity contribution in [3.05, 3.63) is 66.0 Å². The molecule has 0 fully saturated rings. The first kappa shape index (κ1) is 14.3. The average Bonchev–Trinajstić information content (AvgIpc) is 2.47. The summed E-state index contributed by atoms with van der Waals surface area (Å²) in [6, 6.07) is 13.9. The highest BCUT2D eigenvalue weighted by Crippen LogP contribution is 2.18. The maximum Gasteiger partial charge on any atom is 0.221 e. The van der Waals surface area contributed by atoms with Crippen LogP contribution in [0.4, 0.5) is 0 Å². The van der Waals surface area contributed by atoms with Gasteiger partial charge >= 0.3 is 0 Å². The zero-order valence-electron chi connectivity index (χ0n) is 12.0. The van der Waals surface area contributed by atoms with Crippen molar-refractivity contribution in [2.75, 3.05) is 0 Å². The lowest BCUT2D eigenvalue weighted by Crippen LogP contribution is -2.41. The Hall–Kier alpha value is -2.16. The molecule has 1 aromatic heterocycles. The van der Waals surface area contributed by atoms with E-state index in [0.29, 0.717) is 6.42 Å². The molecule has 2 aromatic rings. The van der Waals surface area contributed by atoms with E-state index in [1.54, 1.807) is 12.4 Å². The van der Waals surface area contributed by atoms with Gasteiger partial charge in [0.15, 0.2) is 0 Å². The Kier molecular flexibility index (Phi) is 4.51. The number of aromatic nitrogens is 1. The molecule has 2 rings (SSSR count). The second-order valence-electron chi connectivity index (χ2n) is 5.40. The summed E-state index contributed by atoms with van der Waals surface area (Å²) in [7, 11) is 0. The quantitative estimate of drug-likeness (QED) is 0.905.